The van der Waals surface area contributed by atoms with E-state index in [1.807, 2.05) is 24.3 Å². The Morgan fingerprint density at radius 1 is 1.38 bits per heavy atom. The highest BCUT2D eigenvalue weighted by Gasteiger charge is 2.07. The van der Waals surface area contributed by atoms with E-state index in [0.717, 1.165) is 30.1 Å². The van der Waals surface area contributed by atoms with Gasteiger partial charge in [-0.1, -0.05) is 23.7 Å². The molecule has 0 amide bonds. The Morgan fingerprint density at radius 2 is 2.00 bits per heavy atom. The average Bonchev–Trinajstić information content (AvgIpc) is 2.19. The highest BCUT2D eigenvalue weighted by atomic mass is 35.5. The topological polar surface area (TPSA) is 49.3 Å². The molecule has 16 heavy (non-hydrogen) atoms. The van der Waals surface area contributed by atoms with Gasteiger partial charge in [0.2, 0.25) is 0 Å². The van der Waals surface area contributed by atoms with E-state index in [4.69, 9.17) is 16.5 Å². The molecule has 0 heterocycles. The Hall–Kier alpha value is -0.340. The molecule has 0 spiro atoms. The number of hydrogen-bond donors (Lipinski definition) is 2. The zero-order chi connectivity index (χ0) is 12.0. The minimum absolute atomic E-state index is 0.376. The second kappa shape index (κ2) is 6.41. The van der Waals surface area contributed by atoms with Crippen molar-refractivity contribution in [2.45, 2.75) is 13.0 Å². The predicted molar refractivity (Wildman–Crippen MR) is 68.4 cm³/mol. The molecule has 0 saturated carbocycles. The molecule has 0 radical (unpaired) electrons. The van der Waals surface area contributed by atoms with Crippen LogP contribution in [-0.4, -0.2) is 24.3 Å². The van der Waals surface area contributed by atoms with Crippen molar-refractivity contribution in [3.63, 3.8) is 0 Å². The molecule has 0 aromatic heterocycles. The van der Waals surface area contributed by atoms with Gasteiger partial charge in [-0.05, 0) is 30.7 Å². The van der Waals surface area contributed by atoms with E-state index < -0.39 is 7.37 Å². The summed E-state index contributed by atoms with van der Waals surface area (Å²) < 4.78 is 11.0. The van der Waals surface area contributed by atoms with Gasteiger partial charge in [-0.3, -0.25) is 4.57 Å². The third-order valence-corrected chi connectivity index (χ3v) is 3.57. The normalized spacial score (nSPS) is 14.7. The van der Waals surface area contributed by atoms with Gasteiger partial charge in [-0.25, -0.2) is 0 Å². The van der Waals surface area contributed by atoms with E-state index in [1.54, 1.807) is 0 Å². The van der Waals surface area contributed by atoms with Gasteiger partial charge in [-0.2, -0.15) is 0 Å². The van der Waals surface area contributed by atoms with Crippen molar-refractivity contribution in [2.75, 3.05) is 19.4 Å². The first-order valence-electron chi connectivity index (χ1n) is 5.22. The Bertz CT molecular complexity index is 361. The average molecular weight is 262 g/mol. The molecule has 1 aromatic carbocycles. The van der Waals surface area contributed by atoms with Crippen LogP contribution in [-0.2, 0) is 11.1 Å². The summed E-state index contributed by atoms with van der Waals surface area (Å²) in [5.74, 6) is 0. The maximum absolute atomic E-state index is 11.0. The minimum atomic E-state index is -2.84. The number of halogens is 1. The van der Waals surface area contributed by atoms with Gasteiger partial charge in [0.25, 0.3) is 0 Å². The second-order valence-electron chi connectivity index (χ2n) is 3.93. The first kappa shape index (κ1) is 13.7. The van der Waals surface area contributed by atoms with Gasteiger partial charge in [-0.15, -0.1) is 0 Å². The van der Waals surface area contributed by atoms with Crippen molar-refractivity contribution in [2.24, 2.45) is 0 Å². The summed E-state index contributed by atoms with van der Waals surface area (Å²) in [6, 6.07) is 7.64. The second-order valence-corrected chi connectivity index (χ2v) is 6.92. The van der Waals surface area contributed by atoms with E-state index in [-0.39, 0.29) is 0 Å². The minimum Gasteiger partial charge on any atom is -0.344 e. The number of rotatable bonds is 6. The summed E-state index contributed by atoms with van der Waals surface area (Å²) >= 11 is 5.77. The van der Waals surface area contributed by atoms with Crippen LogP contribution in [0.5, 0.6) is 0 Å². The molecular formula is C11H17ClNO2P. The molecule has 0 bridgehead atoms. The molecule has 0 aliphatic carbocycles. The van der Waals surface area contributed by atoms with Gasteiger partial charge < -0.3 is 10.2 Å². The fourth-order valence-electron chi connectivity index (χ4n) is 1.33. The van der Waals surface area contributed by atoms with E-state index in [2.05, 4.69) is 5.32 Å². The monoisotopic (exact) mass is 261 g/mol. The predicted octanol–water partition coefficient (Wildman–Crippen LogP) is 2.72. The Labute approximate surface area is 101 Å². The molecule has 0 saturated heterocycles. The van der Waals surface area contributed by atoms with Crippen LogP contribution in [0.4, 0.5) is 0 Å². The van der Waals surface area contributed by atoms with Crippen LogP contribution in [0.3, 0.4) is 0 Å². The quantitative estimate of drug-likeness (QED) is 0.611. The van der Waals surface area contributed by atoms with E-state index in [1.165, 1.54) is 6.66 Å². The van der Waals surface area contributed by atoms with Crippen LogP contribution >= 0.6 is 19.0 Å². The smallest absolute Gasteiger partial charge is 0.197 e. The molecule has 1 aromatic rings. The summed E-state index contributed by atoms with van der Waals surface area (Å²) in [6.45, 7) is 2.91. The van der Waals surface area contributed by atoms with E-state index in [0.29, 0.717) is 6.16 Å². The Balaban J connectivity index is 2.16. The van der Waals surface area contributed by atoms with Crippen molar-refractivity contribution >= 4 is 19.0 Å². The molecule has 1 atom stereocenters. The van der Waals surface area contributed by atoms with Crippen LogP contribution in [0.1, 0.15) is 12.0 Å². The van der Waals surface area contributed by atoms with Crippen molar-refractivity contribution in [3.8, 4) is 0 Å². The lowest BCUT2D eigenvalue weighted by molar-refractivity contribution is 0.481. The van der Waals surface area contributed by atoms with Crippen LogP contribution < -0.4 is 5.32 Å². The lowest BCUT2D eigenvalue weighted by atomic mass is 10.2. The standard InChI is InChI=1S/C11H17ClNO2P/c1-16(14,15)8-2-7-13-9-10-3-5-11(12)6-4-10/h3-6,13H,2,7-9H2,1H3,(H,14,15). The largest absolute Gasteiger partial charge is 0.344 e. The Morgan fingerprint density at radius 3 is 2.56 bits per heavy atom. The molecule has 1 rings (SSSR count). The summed E-state index contributed by atoms with van der Waals surface area (Å²) in [7, 11) is -2.84. The number of nitrogens with one attached hydrogen (secondary N) is 1. The first-order chi connectivity index (χ1) is 7.47. The van der Waals surface area contributed by atoms with E-state index >= 15 is 0 Å². The van der Waals surface area contributed by atoms with Crippen molar-refractivity contribution in [1.82, 2.24) is 5.32 Å². The summed E-state index contributed by atoms with van der Waals surface area (Å²) in [4.78, 5) is 9.08. The fourth-order valence-corrected chi connectivity index (χ4v) is 2.20. The molecule has 3 nitrogen and oxygen atoms in total. The van der Waals surface area contributed by atoms with Crippen LogP contribution in [0, 0.1) is 0 Å². The third kappa shape index (κ3) is 6.29. The summed E-state index contributed by atoms with van der Waals surface area (Å²) in [5.41, 5.74) is 1.16. The van der Waals surface area contributed by atoms with Crippen molar-refractivity contribution < 1.29 is 9.46 Å². The summed E-state index contributed by atoms with van der Waals surface area (Å²) in [6.07, 6.45) is 1.10. The van der Waals surface area contributed by atoms with Gasteiger partial charge in [0.05, 0.1) is 0 Å². The van der Waals surface area contributed by atoms with Gasteiger partial charge in [0.15, 0.2) is 7.37 Å². The summed E-state index contributed by atoms with van der Waals surface area (Å²) in [5, 5.41) is 3.95. The highest BCUT2D eigenvalue weighted by Crippen LogP contribution is 2.35. The maximum atomic E-state index is 11.0. The SMILES string of the molecule is CP(=O)(O)CCCNCc1ccc(Cl)cc1. The molecule has 0 aliphatic heterocycles. The first-order valence-corrected chi connectivity index (χ1v) is 7.89. The number of hydrogen-bond acceptors (Lipinski definition) is 2. The van der Waals surface area contributed by atoms with Crippen LogP contribution in [0.25, 0.3) is 0 Å². The zero-order valence-electron chi connectivity index (χ0n) is 9.32. The van der Waals surface area contributed by atoms with Gasteiger partial charge in [0, 0.05) is 24.4 Å². The van der Waals surface area contributed by atoms with Crippen molar-refractivity contribution in [3.05, 3.63) is 34.9 Å². The molecule has 5 heteroatoms. The molecule has 2 N–H and O–H groups in total. The van der Waals surface area contributed by atoms with Crippen LogP contribution in [0.15, 0.2) is 24.3 Å². The fraction of sp³-hybridized carbons (Fsp3) is 0.455. The number of benzene rings is 1. The van der Waals surface area contributed by atoms with Gasteiger partial charge >= 0.3 is 0 Å². The van der Waals surface area contributed by atoms with Crippen molar-refractivity contribution in [1.29, 1.82) is 0 Å². The molecule has 1 unspecified atom stereocenters. The molecule has 0 aliphatic rings. The van der Waals surface area contributed by atoms with E-state index in [9.17, 15) is 4.57 Å². The van der Waals surface area contributed by atoms with Gasteiger partial charge in [0.1, 0.15) is 0 Å². The molecular weight excluding hydrogens is 245 g/mol. The zero-order valence-corrected chi connectivity index (χ0v) is 11.0. The lowest BCUT2D eigenvalue weighted by Gasteiger charge is -2.06. The highest BCUT2D eigenvalue weighted by molar-refractivity contribution is 7.57. The third-order valence-electron chi connectivity index (χ3n) is 2.17. The Kier molecular flexibility index (Phi) is 5.50. The van der Waals surface area contributed by atoms with Crippen LogP contribution in [0.2, 0.25) is 5.02 Å². The maximum Gasteiger partial charge on any atom is 0.197 e. The lowest BCUT2D eigenvalue weighted by Crippen LogP contribution is -2.15. The molecule has 0 fully saturated rings. The molecule has 90 valence electrons.